The number of fused-ring (bicyclic) bond motifs is 3. The van der Waals surface area contributed by atoms with Crippen LogP contribution in [0.4, 0.5) is 4.39 Å². The zero-order valence-corrected chi connectivity index (χ0v) is 13.1. The van der Waals surface area contributed by atoms with Gasteiger partial charge in [-0.25, -0.2) is 4.39 Å². The standard InChI is InChI=1S/C19H17FN2O2/c20-15-6-3-5-14(10-15)19(24)21-11-17-16-7-2-1-4-13(16)8-9-22(17)18(23)12-21/h1-7,10,17H,8-9,11-12H2/t17-/m1/s1. The monoisotopic (exact) mass is 324 g/mol. The van der Waals surface area contributed by atoms with E-state index in [1.54, 1.807) is 6.07 Å². The van der Waals surface area contributed by atoms with Gasteiger partial charge in [-0.1, -0.05) is 30.3 Å². The van der Waals surface area contributed by atoms with Crippen LogP contribution in [0.1, 0.15) is 27.5 Å². The second kappa shape index (κ2) is 5.74. The maximum atomic E-state index is 13.4. The Morgan fingerprint density at radius 2 is 1.96 bits per heavy atom. The van der Waals surface area contributed by atoms with E-state index in [4.69, 9.17) is 0 Å². The summed E-state index contributed by atoms with van der Waals surface area (Å²) in [5, 5.41) is 0. The number of benzene rings is 2. The molecule has 1 atom stereocenters. The predicted molar refractivity (Wildman–Crippen MR) is 86.9 cm³/mol. The summed E-state index contributed by atoms with van der Waals surface area (Å²) in [5.41, 5.74) is 2.61. The molecule has 1 fully saturated rings. The molecule has 2 aliphatic heterocycles. The molecular weight excluding hydrogens is 307 g/mol. The highest BCUT2D eigenvalue weighted by atomic mass is 19.1. The van der Waals surface area contributed by atoms with Gasteiger partial charge >= 0.3 is 0 Å². The molecule has 2 aliphatic rings. The number of amides is 2. The van der Waals surface area contributed by atoms with Crippen LogP contribution in [0.3, 0.4) is 0 Å². The van der Waals surface area contributed by atoms with Gasteiger partial charge in [0.05, 0.1) is 6.04 Å². The highest BCUT2D eigenvalue weighted by molar-refractivity contribution is 5.97. The summed E-state index contributed by atoms with van der Waals surface area (Å²) in [6, 6.07) is 13.5. The molecule has 2 aromatic carbocycles. The molecule has 24 heavy (non-hydrogen) atoms. The lowest BCUT2D eigenvalue weighted by atomic mass is 9.90. The molecule has 2 aromatic rings. The van der Waals surface area contributed by atoms with E-state index < -0.39 is 5.82 Å². The predicted octanol–water partition coefficient (Wildman–Crippen LogP) is 2.41. The first-order chi connectivity index (χ1) is 11.6. The Hall–Kier alpha value is -2.69. The van der Waals surface area contributed by atoms with Crippen LogP contribution in [0.15, 0.2) is 48.5 Å². The van der Waals surface area contributed by atoms with Crippen molar-refractivity contribution in [1.82, 2.24) is 9.80 Å². The topological polar surface area (TPSA) is 40.6 Å². The van der Waals surface area contributed by atoms with Crippen molar-refractivity contribution in [3.8, 4) is 0 Å². The van der Waals surface area contributed by atoms with Crippen molar-refractivity contribution >= 4 is 11.8 Å². The molecule has 0 N–H and O–H groups in total. The maximum absolute atomic E-state index is 13.4. The molecule has 0 aromatic heterocycles. The van der Waals surface area contributed by atoms with E-state index in [-0.39, 0.29) is 30.0 Å². The van der Waals surface area contributed by atoms with Crippen molar-refractivity contribution in [2.75, 3.05) is 19.6 Å². The fourth-order valence-corrected chi connectivity index (χ4v) is 3.63. The quantitative estimate of drug-likeness (QED) is 0.808. The average Bonchev–Trinajstić information content (AvgIpc) is 2.61. The van der Waals surface area contributed by atoms with Gasteiger partial charge in [0.15, 0.2) is 0 Å². The smallest absolute Gasteiger partial charge is 0.254 e. The summed E-state index contributed by atoms with van der Waals surface area (Å²) < 4.78 is 13.4. The summed E-state index contributed by atoms with van der Waals surface area (Å²) in [6.07, 6.45) is 0.844. The zero-order chi connectivity index (χ0) is 16.7. The van der Waals surface area contributed by atoms with Crippen LogP contribution in [-0.4, -0.2) is 41.2 Å². The number of hydrogen-bond donors (Lipinski definition) is 0. The first-order valence-electron chi connectivity index (χ1n) is 8.05. The lowest BCUT2D eigenvalue weighted by molar-refractivity contribution is -0.139. The number of hydrogen-bond acceptors (Lipinski definition) is 2. The summed E-state index contributed by atoms with van der Waals surface area (Å²) in [4.78, 5) is 28.6. The molecular formula is C19H17FN2O2. The minimum Gasteiger partial charge on any atom is -0.332 e. The highest BCUT2D eigenvalue weighted by Crippen LogP contribution is 2.33. The fraction of sp³-hybridized carbons (Fsp3) is 0.263. The molecule has 0 aliphatic carbocycles. The summed E-state index contributed by atoms with van der Waals surface area (Å²) >= 11 is 0. The Balaban J connectivity index is 1.65. The first-order valence-corrected chi connectivity index (χ1v) is 8.05. The summed E-state index contributed by atoms with van der Waals surface area (Å²) in [5.74, 6) is -0.801. The second-order valence-corrected chi connectivity index (χ2v) is 6.25. The van der Waals surface area contributed by atoms with E-state index in [2.05, 4.69) is 6.07 Å². The van der Waals surface area contributed by atoms with E-state index in [9.17, 15) is 14.0 Å². The first kappa shape index (κ1) is 14.9. The Morgan fingerprint density at radius 3 is 2.79 bits per heavy atom. The number of carbonyl (C=O) groups is 2. The molecule has 0 spiro atoms. The van der Waals surface area contributed by atoms with E-state index in [1.165, 1.54) is 28.7 Å². The van der Waals surface area contributed by atoms with Crippen molar-refractivity contribution < 1.29 is 14.0 Å². The van der Waals surface area contributed by atoms with Crippen LogP contribution in [0.25, 0.3) is 0 Å². The van der Waals surface area contributed by atoms with E-state index in [1.807, 2.05) is 23.1 Å². The second-order valence-electron chi connectivity index (χ2n) is 6.25. The van der Waals surface area contributed by atoms with Crippen LogP contribution in [-0.2, 0) is 11.2 Å². The number of piperazine rings is 1. The molecule has 0 radical (unpaired) electrons. The number of rotatable bonds is 1. The third-order valence-electron chi connectivity index (χ3n) is 4.81. The van der Waals surface area contributed by atoms with Gasteiger partial charge in [-0.3, -0.25) is 9.59 Å². The number of carbonyl (C=O) groups excluding carboxylic acids is 2. The van der Waals surface area contributed by atoms with E-state index in [0.29, 0.717) is 13.1 Å². The lowest BCUT2D eigenvalue weighted by Crippen LogP contribution is -2.55. The average molecular weight is 324 g/mol. The molecule has 2 amide bonds. The van der Waals surface area contributed by atoms with Gasteiger partial charge in [0.25, 0.3) is 5.91 Å². The third-order valence-corrected chi connectivity index (χ3v) is 4.81. The van der Waals surface area contributed by atoms with Crippen LogP contribution >= 0.6 is 0 Å². The third kappa shape index (κ3) is 2.46. The maximum Gasteiger partial charge on any atom is 0.254 e. The molecule has 122 valence electrons. The molecule has 2 heterocycles. The largest absolute Gasteiger partial charge is 0.332 e. The molecule has 4 nitrogen and oxygen atoms in total. The Morgan fingerprint density at radius 1 is 1.12 bits per heavy atom. The number of halogens is 1. The highest BCUT2D eigenvalue weighted by Gasteiger charge is 2.38. The van der Waals surface area contributed by atoms with Gasteiger partial charge in [0.1, 0.15) is 12.4 Å². The molecule has 5 heteroatoms. The number of nitrogens with zero attached hydrogens (tertiary/aromatic N) is 2. The van der Waals surface area contributed by atoms with Gasteiger partial charge in [0.2, 0.25) is 5.91 Å². The van der Waals surface area contributed by atoms with E-state index >= 15 is 0 Å². The van der Waals surface area contributed by atoms with Crippen LogP contribution in [0.2, 0.25) is 0 Å². The van der Waals surface area contributed by atoms with Crippen molar-refractivity contribution in [3.05, 3.63) is 71.0 Å². The van der Waals surface area contributed by atoms with Crippen LogP contribution in [0, 0.1) is 5.82 Å². The van der Waals surface area contributed by atoms with Crippen molar-refractivity contribution in [1.29, 1.82) is 0 Å². The van der Waals surface area contributed by atoms with Gasteiger partial charge < -0.3 is 9.80 Å². The fourth-order valence-electron chi connectivity index (χ4n) is 3.63. The van der Waals surface area contributed by atoms with Crippen LogP contribution in [0.5, 0.6) is 0 Å². The summed E-state index contributed by atoms with van der Waals surface area (Å²) in [6.45, 7) is 1.18. The minimum atomic E-state index is -0.450. The van der Waals surface area contributed by atoms with E-state index in [0.717, 1.165) is 12.0 Å². The van der Waals surface area contributed by atoms with Gasteiger partial charge in [-0.15, -0.1) is 0 Å². The normalized spacial score (nSPS) is 19.7. The van der Waals surface area contributed by atoms with Gasteiger partial charge in [-0.2, -0.15) is 0 Å². The van der Waals surface area contributed by atoms with Crippen molar-refractivity contribution in [3.63, 3.8) is 0 Å². The molecule has 4 rings (SSSR count). The molecule has 0 unspecified atom stereocenters. The van der Waals surface area contributed by atoms with Gasteiger partial charge in [0, 0.05) is 18.7 Å². The minimum absolute atomic E-state index is 0.0496. The van der Waals surface area contributed by atoms with Crippen LogP contribution < -0.4 is 0 Å². The summed E-state index contributed by atoms with van der Waals surface area (Å²) in [7, 11) is 0. The van der Waals surface area contributed by atoms with Crippen molar-refractivity contribution in [2.45, 2.75) is 12.5 Å². The Bertz CT molecular complexity index is 821. The van der Waals surface area contributed by atoms with Gasteiger partial charge in [-0.05, 0) is 35.7 Å². The lowest BCUT2D eigenvalue weighted by Gasteiger charge is -2.44. The zero-order valence-electron chi connectivity index (χ0n) is 13.1. The molecule has 0 saturated carbocycles. The molecule has 1 saturated heterocycles. The van der Waals surface area contributed by atoms with Crippen molar-refractivity contribution in [2.24, 2.45) is 0 Å². The Labute approximate surface area is 139 Å². The SMILES string of the molecule is O=C(c1cccc(F)c1)N1CC(=O)N2CCc3ccccc3[C@H]2C1. The Kier molecular flexibility index (Phi) is 3.56. The molecule has 0 bridgehead atoms.